The van der Waals surface area contributed by atoms with Gasteiger partial charge in [-0.25, -0.2) is 0 Å². The van der Waals surface area contributed by atoms with Crippen LogP contribution in [-0.2, 0) is 0 Å². The molecule has 0 amide bonds. The second-order valence-electron chi connectivity index (χ2n) is 12.5. The Balaban J connectivity index is 0. The Labute approximate surface area is 321 Å². The first-order chi connectivity index (χ1) is 22.8. The summed E-state index contributed by atoms with van der Waals surface area (Å²) in [6, 6.07) is 19.7. The zero-order valence-electron chi connectivity index (χ0n) is 30.8. The van der Waals surface area contributed by atoms with Gasteiger partial charge in [-0.1, -0.05) is 127 Å². The maximum atomic E-state index is 6.23. The maximum absolute atomic E-state index is 6.23. The van der Waals surface area contributed by atoms with Crippen molar-refractivity contribution in [2.24, 2.45) is 37.2 Å². The number of hydrogen-bond donors (Lipinski definition) is 5. The average Bonchev–Trinajstić information content (AvgIpc) is 3.04. The van der Waals surface area contributed by atoms with Crippen molar-refractivity contribution in [3.8, 4) is 0 Å². The van der Waals surface area contributed by atoms with E-state index in [1.807, 2.05) is 65.6 Å². The smallest absolute Gasteiger partial charge is 0.223 e. The monoisotopic (exact) mass is 754 g/mol. The van der Waals surface area contributed by atoms with Crippen LogP contribution in [0.25, 0.3) is 0 Å². The molecule has 10 nitrogen and oxygen atoms in total. The van der Waals surface area contributed by atoms with Crippen LogP contribution in [0.5, 0.6) is 0 Å². The molecule has 0 spiro atoms. The highest BCUT2D eigenvalue weighted by molar-refractivity contribution is 6.06. The van der Waals surface area contributed by atoms with Crippen LogP contribution in [0.15, 0.2) is 80.6 Å². The van der Waals surface area contributed by atoms with E-state index in [4.69, 9.17) is 17.2 Å². The van der Waals surface area contributed by atoms with E-state index in [1.165, 1.54) is 77.0 Å². The van der Waals surface area contributed by atoms with Gasteiger partial charge in [0.1, 0.15) is 5.66 Å². The summed E-state index contributed by atoms with van der Waals surface area (Å²) in [5, 5.41) is 6.37. The third kappa shape index (κ3) is 21.1. The lowest BCUT2D eigenvalue weighted by Gasteiger charge is -2.43. The molecule has 50 heavy (non-hydrogen) atoms. The van der Waals surface area contributed by atoms with E-state index in [9.17, 15) is 0 Å². The van der Waals surface area contributed by atoms with Crippen LogP contribution < -0.4 is 32.7 Å². The second-order valence-corrected chi connectivity index (χ2v) is 12.5. The molecule has 0 saturated carbocycles. The van der Waals surface area contributed by atoms with Gasteiger partial charge in [0.05, 0.1) is 0 Å². The highest BCUT2D eigenvalue weighted by Crippen LogP contribution is 2.24. The topological polar surface area (TPSA) is 155 Å². The van der Waals surface area contributed by atoms with Gasteiger partial charge in [0.15, 0.2) is 0 Å². The van der Waals surface area contributed by atoms with E-state index < -0.39 is 0 Å². The van der Waals surface area contributed by atoms with E-state index in [0.717, 1.165) is 30.8 Å². The number of unbranched alkanes of at least 4 members (excludes halogenated alkanes) is 12. The number of anilines is 2. The summed E-state index contributed by atoms with van der Waals surface area (Å²) in [6.45, 7) is 10.2. The molecule has 13 heteroatoms. The number of guanidine groups is 4. The fourth-order valence-corrected chi connectivity index (χ4v) is 5.28. The van der Waals surface area contributed by atoms with Gasteiger partial charge in [0, 0.05) is 24.5 Å². The third-order valence-corrected chi connectivity index (χ3v) is 7.78. The number of nitrogens with zero attached hydrogens (tertiary/aromatic N) is 5. The Bertz CT molecular complexity index is 1240. The molecule has 0 radical (unpaired) electrons. The van der Waals surface area contributed by atoms with Crippen molar-refractivity contribution in [3.05, 3.63) is 60.7 Å². The second kappa shape index (κ2) is 29.5. The minimum absolute atomic E-state index is 0. The molecule has 0 bridgehead atoms. The van der Waals surface area contributed by atoms with Gasteiger partial charge in [-0.3, -0.25) is 14.9 Å². The van der Waals surface area contributed by atoms with Crippen LogP contribution >= 0.6 is 37.2 Å². The fourth-order valence-electron chi connectivity index (χ4n) is 5.28. The van der Waals surface area contributed by atoms with E-state index in [1.54, 1.807) is 0 Å². The Morgan fingerprint density at radius 2 is 1.20 bits per heavy atom. The Morgan fingerprint density at radius 3 is 1.72 bits per heavy atom. The summed E-state index contributed by atoms with van der Waals surface area (Å²) >= 11 is 0. The molecule has 0 aliphatic carbocycles. The number of benzene rings is 2. The fraction of sp³-hybridized carbons (Fsp3) is 0.568. The van der Waals surface area contributed by atoms with Crippen LogP contribution in [0.2, 0.25) is 0 Å². The summed E-state index contributed by atoms with van der Waals surface area (Å²) in [5.41, 5.74) is 19.3. The van der Waals surface area contributed by atoms with E-state index >= 15 is 0 Å². The summed E-state index contributed by atoms with van der Waals surface area (Å²) < 4.78 is 0. The molecular weight excluding hydrogens is 691 g/mol. The van der Waals surface area contributed by atoms with Gasteiger partial charge >= 0.3 is 0 Å². The Hall–Kier alpha value is -3.21. The summed E-state index contributed by atoms with van der Waals surface area (Å²) in [4.78, 5) is 19.3. The minimum Gasteiger partial charge on any atom is -0.369 e. The summed E-state index contributed by atoms with van der Waals surface area (Å²) in [7, 11) is 0. The average molecular weight is 756 g/mol. The molecule has 2 aromatic carbocycles. The maximum Gasteiger partial charge on any atom is 0.223 e. The Kier molecular flexibility index (Phi) is 28.9. The molecule has 0 atom stereocenters. The van der Waals surface area contributed by atoms with Crippen molar-refractivity contribution in [2.45, 2.75) is 123 Å². The van der Waals surface area contributed by atoms with Crippen molar-refractivity contribution in [3.63, 3.8) is 0 Å². The van der Waals surface area contributed by atoms with Crippen LogP contribution in [0.3, 0.4) is 0 Å². The lowest BCUT2D eigenvalue weighted by molar-refractivity contribution is 0.465. The predicted octanol–water partition coefficient (Wildman–Crippen LogP) is 9.00. The number of hydrogen-bond acceptors (Lipinski definition) is 4. The summed E-state index contributed by atoms with van der Waals surface area (Å²) in [5.74, 6) is 1.60. The van der Waals surface area contributed by atoms with Gasteiger partial charge in [-0.15, -0.1) is 37.2 Å². The van der Waals surface area contributed by atoms with Crippen molar-refractivity contribution in [1.29, 1.82) is 0 Å². The first kappa shape index (κ1) is 48.9. The normalized spacial score (nSPS) is 14.5. The third-order valence-electron chi connectivity index (χ3n) is 7.78. The number of para-hydroxylation sites is 2. The molecule has 0 unspecified atom stereocenters. The molecule has 0 saturated heterocycles. The lowest BCUT2D eigenvalue weighted by atomic mass is 10.1. The van der Waals surface area contributed by atoms with Crippen LogP contribution in [0.1, 0.15) is 118 Å². The standard InChI is InChI=1S/C20H33N5.C17H29N5.3ClH/c1-4-5-6-7-8-9-13-16-22-19-23-18(21)25(20(2,3)24-19)17-14-11-10-12-15-17;1-2-3-4-5-6-7-11-14-20-16(18)22-17(19)21-15-12-9-8-10-13-15;;;/h10-12,14-15H,4-9,13,16H2,1-3H3,(H3,21,22,23,24);8-10,12-13H,2-7,11,14H2,1H3,(H5,18,19,20,21,22);3*1H. The number of nitrogens with two attached hydrogens (primary N) is 3. The molecule has 1 aliphatic heterocycles. The van der Waals surface area contributed by atoms with Gasteiger partial charge in [-0.05, 0) is 51.0 Å². The number of halogens is 3. The van der Waals surface area contributed by atoms with Crippen molar-refractivity contribution < 1.29 is 0 Å². The van der Waals surface area contributed by atoms with Gasteiger partial charge in [0.25, 0.3) is 0 Å². The van der Waals surface area contributed by atoms with Gasteiger partial charge in [-0.2, -0.15) is 9.98 Å². The van der Waals surface area contributed by atoms with E-state index in [0.29, 0.717) is 18.5 Å². The van der Waals surface area contributed by atoms with Crippen molar-refractivity contribution >= 4 is 72.4 Å². The number of rotatable bonds is 18. The van der Waals surface area contributed by atoms with Crippen molar-refractivity contribution in [2.75, 3.05) is 23.3 Å². The van der Waals surface area contributed by atoms with Crippen LogP contribution in [0, 0.1) is 0 Å². The molecule has 1 aliphatic rings. The molecular formula is C37H65Cl3N10. The molecule has 0 fully saturated rings. The predicted molar refractivity (Wildman–Crippen MR) is 226 cm³/mol. The first-order valence-corrected chi connectivity index (χ1v) is 17.7. The van der Waals surface area contributed by atoms with Crippen LogP contribution in [-0.4, -0.2) is 42.6 Å². The quantitative estimate of drug-likeness (QED) is 0.0581. The molecule has 1 heterocycles. The highest BCUT2D eigenvalue weighted by Gasteiger charge is 2.34. The largest absolute Gasteiger partial charge is 0.369 e. The van der Waals surface area contributed by atoms with E-state index in [2.05, 4.69) is 58.3 Å². The van der Waals surface area contributed by atoms with E-state index in [-0.39, 0.29) is 54.8 Å². The van der Waals surface area contributed by atoms with Crippen LogP contribution in [0.4, 0.5) is 11.4 Å². The molecule has 3 rings (SSSR count). The number of aliphatic imine (C=N–C) groups is 4. The molecule has 284 valence electrons. The number of nitrogens with one attached hydrogen (secondary N) is 2. The minimum atomic E-state index is -0.369. The first-order valence-electron chi connectivity index (χ1n) is 17.7. The summed E-state index contributed by atoms with van der Waals surface area (Å²) in [6.07, 6.45) is 17.8. The molecule has 0 aromatic heterocycles. The Morgan fingerprint density at radius 1 is 0.720 bits per heavy atom. The molecule has 2 aromatic rings. The van der Waals surface area contributed by atoms with Gasteiger partial charge in [0.2, 0.25) is 23.8 Å². The SMILES string of the molecule is CCCCCCCCCN=C(N)N=C(N)Nc1ccccc1.CCCCCCCCCN=C1N=C(N)N(c2ccccc2)C(C)(C)N1.Cl.Cl.Cl. The zero-order chi connectivity index (χ0) is 34.2. The van der Waals surface area contributed by atoms with Crippen molar-refractivity contribution in [1.82, 2.24) is 5.32 Å². The lowest BCUT2D eigenvalue weighted by Crippen LogP contribution is -2.64. The zero-order valence-corrected chi connectivity index (χ0v) is 33.2. The molecule has 8 N–H and O–H groups in total. The van der Waals surface area contributed by atoms with Gasteiger partial charge < -0.3 is 27.8 Å². The highest BCUT2D eigenvalue weighted by atomic mass is 35.5.